The molecule has 0 N–H and O–H groups in total. The van der Waals surface area contributed by atoms with Crippen molar-refractivity contribution in [3.8, 4) is 0 Å². The van der Waals surface area contributed by atoms with Crippen molar-refractivity contribution in [2.45, 2.75) is 59.3 Å². The van der Waals surface area contributed by atoms with Gasteiger partial charge >= 0.3 is 0 Å². The molecule has 5 atom stereocenters. The monoisotopic (exact) mass is 194 g/mol. The first-order valence-electron chi connectivity index (χ1n) is 6.74. The Hall–Kier alpha value is 0. The molecule has 82 valence electrons. The van der Waals surface area contributed by atoms with Crippen molar-refractivity contribution in [1.82, 2.24) is 0 Å². The summed E-state index contributed by atoms with van der Waals surface area (Å²) in [5, 5.41) is 0. The summed E-state index contributed by atoms with van der Waals surface area (Å²) < 4.78 is 0. The van der Waals surface area contributed by atoms with Crippen LogP contribution in [0.3, 0.4) is 0 Å². The van der Waals surface area contributed by atoms with Crippen LogP contribution in [0.25, 0.3) is 0 Å². The summed E-state index contributed by atoms with van der Waals surface area (Å²) in [5.74, 6) is 5.43. The maximum absolute atomic E-state index is 2.48. The zero-order valence-corrected chi connectivity index (χ0v) is 10.1. The van der Waals surface area contributed by atoms with Gasteiger partial charge in [0.2, 0.25) is 0 Å². The minimum Gasteiger partial charge on any atom is -0.0654 e. The Labute approximate surface area is 89.5 Å². The zero-order valence-electron chi connectivity index (χ0n) is 10.1. The predicted molar refractivity (Wildman–Crippen MR) is 62.2 cm³/mol. The molecule has 0 bridgehead atoms. The highest BCUT2D eigenvalue weighted by Gasteiger charge is 2.49. The van der Waals surface area contributed by atoms with E-state index in [9.17, 15) is 0 Å². The van der Waals surface area contributed by atoms with Crippen molar-refractivity contribution < 1.29 is 0 Å². The van der Waals surface area contributed by atoms with E-state index in [2.05, 4.69) is 20.8 Å². The fraction of sp³-hybridized carbons (Fsp3) is 1.00. The summed E-state index contributed by atoms with van der Waals surface area (Å²) in [6.07, 6.45) is 8.98. The lowest BCUT2D eigenvalue weighted by molar-refractivity contribution is 0.0688. The SMILES string of the molecule is CCCCCC1CC2C(C)C(C)CC12. The molecule has 0 aromatic rings. The molecule has 0 aromatic heterocycles. The second-order valence-electron chi connectivity index (χ2n) is 5.89. The molecule has 0 nitrogen and oxygen atoms in total. The molecule has 0 amide bonds. The molecule has 0 heteroatoms. The van der Waals surface area contributed by atoms with Crippen LogP contribution in [0, 0.1) is 29.6 Å². The van der Waals surface area contributed by atoms with E-state index < -0.39 is 0 Å². The van der Waals surface area contributed by atoms with Gasteiger partial charge in [0, 0.05) is 0 Å². The normalized spacial score (nSPS) is 46.1. The molecule has 5 unspecified atom stereocenters. The number of fused-ring (bicyclic) bond motifs is 1. The zero-order chi connectivity index (χ0) is 10.1. The minimum atomic E-state index is 1.01. The Bertz CT molecular complexity index is 184. The summed E-state index contributed by atoms with van der Waals surface area (Å²) in [7, 11) is 0. The van der Waals surface area contributed by atoms with Crippen molar-refractivity contribution >= 4 is 0 Å². The van der Waals surface area contributed by atoms with Gasteiger partial charge in [-0.3, -0.25) is 0 Å². The van der Waals surface area contributed by atoms with E-state index in [1.54, 1.807) is 12.8 Å². The summed E-state index contributed by atoms with van der Waals surface area (Å²) in [5.41, 5.74) is 0. The van der Waals surface area contributed by atoms with E-state index >= 15 is 0 Å². The Morgan fingerprint density at radius 2 is 1.79 bits per heavy atom. The molecule has 2 saturated carbocycles. The molecule has 2 fully saturated rings. The summed E-state index contributed by atoms with van der Waals surface area (Å²) in [6, 6.07) is 0. The molecule has 0 aromatic carbocycles. The van der Waals surface area contributed by atoms with Gasteiger partial charge in [-0.15, -0.1) is 0 Å². The smallest absolute Gasteiger partial charge is 0.0352 e. The van der Waals surface area contributed by atoms with Crippen LogP contribution < -0.4 is 0 Å². The fourth-order valence-electron chi connectivity index (χ4n) is 3.88. The molecule has 0 spiro atoms. The first kappa shape index (κ1) is 10.5. The van der Waals surface area contributed by atoms with Crippen LogP contribution in [0.15, 0.2) is 0 Å². The molecule has 2 aliphatic carbocycles. The second kappa shape index (κ2) is 4.24. The molecule has 2 rings (SSSR count). The molecule has 0 aliphatic heterocycles. The standard InChI is InChI=1S/C14H26/c1-4-5-6-7-12-9-13-11(3)10(2)8-14(12)13/h10-14H,4-9H2,1-3H3. The molecular formula is C14H26. The first-order valence-corrected chi connectivity index (χ1v) is 6.74. The lowest BCUT2D eigenvalue weighted by atomic mass is 9.63. The second-order valence-corrected chi connectivity index (χ2v) is 5.89. The van der Waals surface area contributed by atoms with Crippen LogP contribution in [0.1, 0.15) is 59.3 Å². The van der Waals surface area contributed by atoms with Crippen molar-refractivity contribution in [3.05, 3.63) is 0 Å². The van der Waals surface area contributed by atoms with E-state index in [-0.39, 0.29) is 0 Å². The number of hydrogen-bond acceptors (Lipinski definition) is 0. The number of unbranched alkanes of at least 4 members (excludes halogenated alkanes) is 2. The van der Waals surface area contributed by atoms with Crippen LogP contribution >= 0.6 is 0 Å². The number of hydrogen-bond donors (Lipinski definition) is 0. The average molecular weight is 194 g/mol. The Balaban J connectivity index is 1.74. The largest absolute Gasteiger partial charge is 0.0654 e. The van der Waals surface area contributed by atoms with E-state index in [1.165, 1.54) is 25.7 Å². The molecule has 14 heavy (non-hydrogen) atoms. The van der Waals surface area contributed by atoms with Crippen LogP contribution in [0.4, 0.5) is 0 Å². The van der Waals surface area contributed by atoms with E-state index in [4.69, 9.17) is 0 Å². The van der Waals surface area contributed by atoms with E-state index in [0.29, 0.717) is 0 Å². The quantitative estimate of drug-likeness (QED) is 0.578. The first-order chi connectivity index (χ1) is 6.74. The van der Waals surface area contributed by atoms with Gasteiger partial charge in [0.1, 0.15) is 0 Å². The van der Waals surface area contributed by atoms with Gasteiger partial charge in [0.15, 0.2) is 0 Å². The van der Waals surface area contributed by atoms with Crippen molar-refractivity contribution in [3.63, 3.8) is 0 Å². The number of rotatable bonds is 4. The lowest BCUT2D eigenvalue weighted by Gasteiger charge is -2.42. The predicted octanol–water partition coefficient (Wildman–Crippen LogP) is 4.49. The maximum Gasteiger partial charge on any atom is -0.0352 e. The van der Waals surface area contributed by atoms with Gasteiger partial charge in [-0.1, -0.05) is 46.5 Å². The summed E-state index contributed by atoms with van der Waals surface area (Å²) >= 11 is 0. The summed E-state index contributed by atoms with van der Waals surface area (Å²) in [6.45, 7) is 7.26. The van der Waals surface area contributed by atoms with Gasteiger partial charge in [-0.2, -0.15) is 0 Å². The van der Waals surface area contributed by atoms with Crippen molar-refractivity contribution in [2.75, 3.05) is 0 Å². The molecule has 0 radical (unpaired) electrons. The van der Waals surface area contributed by atoms with Crippen LogP contribution in [0.5, 0.6) is 0 Å². The average Bonchev–Trinajstić information content (AvgIpc) is 2.37. The van der Waals surface area contributed by atoms with Crippen LogP contribution in [-0.4, -0.2) is 0 Å². The van der Waals surface area contributed by atoms with Gasteiger partial charge < -0.3 is 0 Å². The van der Waals surface area contributed by atoms with Crippen LogP contribution in [-0.2, 0) is 0 Å². The third-order valence-corrected chi connectivity index (χ3v) is 5.13. The molecule has 0 saturated heterocycles. The van der Waals surface area contributed by atoms with E-state index in [1.807, 2.05) is 0 Å². The maximum atomic E-state index is 2.48. The lowest BCUT2D eigenvalue weighted by Crippen LogP contribution is -2.34. The Morgan fingerprint density at radius 3 is 2.43 bits per heavy atom. The molecule has 0 heterocycles. The molecule has 2 aliphatic rings. The van der Waals surface area contributed by atoms with Crippen molar-refractivity contribution in [1.29, 1.82) is 0 Å². The van der Waals surface area contributed by atoms with Gasteiger partial charge in [0.25, 0.3) is 0 Å². The van der Waals surface area contributed by atoms with Gasteiger partial charge in [-0.25, -0.2) is 0 Å². The highest BCUT2D eigenvalue weighted by atomic mass is 14.5. The molecular weight excluding hydrogens is 168 g/mol. The topological polar surface area (TPSA) is 0 Å². The fourth-order valence-corrected chi connectivity index (χ4v) is 3.88. The Morgan fingerprint density at radius 1 is 1.00 bits per heavy atom. The van der Waals surface area contributed by atoms with Gasteiger partial charge in [-0.05, 0) is 42.4 Å². The minimum absolute atomic E-state index is 1.01. The third kappa shape index (κ3) is 1.73. The highest BCUT2D eigenvalue weighted by molar-refractivity contribution is 4.98. The van der Waals surface area contributed by atoms with Gasteiger partial charge in [0.05, 0.1) is 0 Å². The summed E-state index contributed by atoms with van der Waals surface area (Å²) in [4.78, 5) is 0. The van der Waals surface area contributed by atoms with E-state index in [0.717, 1.165) is 29.6 Å². The van der Waals surface area contributed by atoms with Crippen LogP contribution in [0.2, 0.25) is 0 Å². The Kier molecular flexibility index (Phi) is 3.19. The highest BCUT2D eigenvalue weighted by Crippen LogP contribution is 2.57. The third-order valence-electron chi connectivity index (χ3n) is 5.13. The van der Waals surface area contributed by atoms with Crippen molar-refractivity contribution in [2.24, 2.45) is 29.6 Å².